The molecule has 12 heteroatoms. The van der Waals surface area contributed by atoms with Crippen molar-refractivity contribution in [3.63, 3.8) is 0 Å². The number of carbonyl (C=O) groups is 1. The predicted octanol–water partition coefficient (Wildman–Crippen LogP) is 4.49. The summed E-state index contributed by atoms with van der Waals surface area (Å²) in [5.41, 5.74) is 5.43. The van der Waals surface area contributed by atoms with Gasteiger partial charge in [0, 0.05) is 42.8 Å². The second-order valence-electron chi connectivity index (χ2n) is 11.7. The number of ether oxygens (including phenoxy) is 1. The van der Waals surface area contributed by atoms with Crippen LogP contribution in [0.4, 0.5) is 29.1 Å². The van der Waals surface area contributed by atoms with Crippen LogP contribution in [0.25, 0.3) is 0 Å². The van der Waals surface area contributed by atoms with Crippen molar-refractivity contribution in [3.05, 3.63) is 52.5 Å². The zero-order valence-corrected chi connectivity index (χ0v) is 24.3. The molecule has 2 aromatic rings. The van der Waals surface area contributed by atoms with Crippen molar-refractivity contribution in [3.8, 4) is 6.01 Å². The number of anilines is 2. The molecule has 3 atom stereocenters. The van der Waals surface area contributed by atoms with Gasteiger partial charge in [-0.05, 0) is 83.2 Å². The molecule has 1 amide bonds. The third-order valence-electron chi connectivity index (χ3n) is 8.91. The summed E-state index contributed by atoms with van der Waals surface area (Å²) >= 11 is 0. The zero-order chi connectivity index (χ0) is 30.3. The molecule has 0 radical (unpaired) electrons. The van der Waals surface area contributed by atoms with Crippen molar-refractivity contribution >= 4 is 17.4 Å². The number of fused-ring (bicyclic) bond motifs is 1. The first kappa shape index (κ1) is 30.1. The lowest BCUT2D eigenvalue weighted by atomic mass is 9.79. The van der Waals surface area contributed by atoms with Crippen molar-refractivity contribution in [2.45, 2.75) is 70.1 Å². The molecule has 2 aliphatic heterocycles. The maximum atomic E-state index is 15.4. The second-order valence-corrected chi connectivity index (χ2v) is 11.7. The summed E-state index contributed by atoms with van der Waals surface area (Å²) in [4.78, 5) is 27.8. The number of likely N-dealkylation sites (N-methyl/N-ethyl adjacent to an activating group) is 1. The van der Waals surface area contributed by atoms with Gasteiger partial charge >= 0.3 is 12.2 Å². The minimum Gasteiger partial charge on any atom is -0.462 e. The van der Waals surface area contributed by atoms with E-state index in [4.69, 9.17) is 15.5 Å². The van der Waals surface area contributed by atoms with Crippen LogP contribution >= 0.6 is 0 Å². The Kier molecular flexibility index (Phi) is 8.37. The molecule has 1 aromatic carbocycles. The van der Waals surface area contributed by atoms with Crippen LogP contribution in [0.2, 0.25) is 0 Å². The SMILES string of the molecule is C=CC(=O)N1CCN(c2nc(OC[C@@H]3CCCN3C)nc3c2CC[C@H](c2c(F)c(N)cc(C)c2C(F)(F)F)C3)[C@@H](C)C1. The van der Waals surface area contributed by atoms with Crippen LogP contribution in [0, 0.1) is 12.7 Å². The number of hydrogen-bond acceptors (Lipinski definition) is 7. The van der Waals surface area contributed by atoms with Gasteiger partial charge in [0.05, 0.1) is 16.9 Å². The normalized spacial score (nSPS) is 23.2. The Labute approximate surface area is 243 Å². The molecule has 1 aliphatic carbocycles. The molecular formula is C30H38F4N6O2. The highest BCUT2D eigenvalue weighted by molar-refractivity contribution is 5.87. The number of piperazine rings is 1. The van der Waals surface area contributed by atoms with Crippen LogP contribution in [-0.2, 0) is 23.8 Å². The Balaban J connectivity index is 1.52. The molecule has 42 heavy (non-hydrogen) atoms. The maximum absolute atomic E-state index is 15.4. The number of aromatic nitrogens is 2. The summed E-state index contributed by atoms with van der Waals surface area (Å²) in [6.45, 7) is 9.71. The molecule has 0 saturated carbocycles. The molecule has 0 bridgehead atoms. The van der Waals surface area contributed by atoms with Gasteiger partial charge in [0.2, 0.25) is 5.91 Å². The Morgan fingerprint density at radius 1 is 1.24 bits per heavy atom. The van der Waals surface area contributed by atoms with Crippen molar-refractivity contribution in [2.75, 3.05) is 50.5 Å². The van der Waals surface area contributed by atoms with Crippen molar-refractivity contribution in [1.29, 1.82) is 0 Å². The molecule has 2 saturated heterocycles. The Morgan fingerprint density at radius 3 is 2.64 bits per heavy atom. The average molecular weight is 591 g/mol. The molecule has 0 spiro atoms. The summed E-state index contributed by atoms with van der Waals surface area (Å²) < 4.78 is 64.0. The molecule has 228 valence electrons. The second kappa shape index (κ2) is 11.7. The number of nitrogens with two attached hydrogens (primary N) is 1. The number of hydrogen-bond donors (Lipinski definition) is 1. The summed E-state index contributed by atoms with van der Waals surface area (Å²) in [5, 5.41) is 0. The van der Waals surface area contributed by atoms with Crippen LogP contribution in [-0.4, -0.2) is 77.6 Å². The minimum absolute atomic E-state index is 0.0842. The maximum Gasteiger partial charge on any atom is 0.417 e. The summed E-state index contributed by atoms with van der Waals surface area (Å²) in [6, 6.07) is 1.33. The molecule has 2 N–H and O–H groups in total. The van der Waals surface area contributed by atoms with Crippen molar-refractivity contribution in [1.82, 2.24) is 19.8 Å². The topological polar surface area (TPSA) is 87.8 Å². The Bertz CT molecular complexity index is 1370. The number of nitrogen functional groups attached to an aromatic ring is 1. The van der Waals surface area contributed by atoms with Gasteiger partial charge in [-0.2, -0.15) is 23.1 Å². The van der Waals surface area contributed by atoms with E-state index in [-0.39, 0.29) is 48.1 Å². The van der Waals surface area contributed by atoms with Gasteiger partial charge in [-0.1, -0.05) is 6.58 Å². The highest BCUT2D eigenvalue weighted by Crippen LogP contribution is 2.45. The molecule has 3 heterocycles. The van der Waals surface area contributed by atoms with E-state index in [2.05, 4.69) is 21.4 Å². The molecule has 5 rings (SSSR count). The van der Waals surface area contributed by atoms with Gasteiger partial charge < -0.3 is 25.2 Å². The molecule has 1 aromatic heterocycles. The first-order valence-corrected chi connectivity index (χ1v) is 14.5. The number of benzene rings is 1. The Hall–Kier alpha value is -3.41. The van der Waals surface area contributed by atoms with Crippen LogP contribution in [0.15, 0.2) is 18.7 Å². The number of alkyl halides is 3. The van der Waals surface area contributed by atoms with Gasteiger partial charge in [-0.15, -0.1) is 0 Å². The number of amides is 1. The highest BCUT2D eigenvalue weighted by Gasteiger charge is 2.41. The van der Waals surface area contributed by atoms with Gasteiger partial charge in [0.1, 0.15) is 18.2 Å². The van der Waals surface area contributed by atoms with E-state index < -0.39 is 29.0 Å². The number of rotatable bonds is 6. The van der Waals surface area contributed by atoms with E-state index in [1.807, 2.05) is 14.0 Å². The van der Waals surface area contributed by atoms with Gasteiger partial charge in [0.15, 0.2) is 0 Å². The smallest absolute Gasteiger partial charge is 0.417 e. The van der Waals surface area contributed by atoms with E-state index >= 15 is 4.39 Å². The predicted molar refractivity (Wildman–Crippen MR) is 152 cm³/mol. The number of aryl methyl sites for hydroxylation is 1. The van der Waals surface area contributed by atoms with Gasteiger partial charge in [-0.25, -0.2) is 4.39 Å². The van der Waals surface area contributed by atoms with Crippen LogP contribution in [0.3, 0.4) is 0 Å². The summed E-state index contributed by atoms with van der Waals surface area (Å²) in [6.07, 6.45) is -0.636. The van der Waals surface area contributed by atoms with Crippen molar-refractivity contribution in [2.24, 2.45) is 0 Å². The third-order valence-corrected chi connectivity index (χ3v) is 8.91. The summed E-state index contributed by atoms with van der Waals surface area (Å²) in [7, 11) is 2.04. The fraction of sp³-hybridized carbons (Fsp3) is 0.567. The third kappa shape index (κ3) is 5.77. The van der Waals surface area contributed by atoms with Crippen LogP contribution in [0.5, 0.6) is 6.01 Å². The van der Waals surface area contributed by atoms with Crippen molar-refractivity contribution < 1.29 is 27.1 Å². The molecule has 2 fully saturated rings. The van der Waals surface area contributed by atoms with E-state index in [0.717, 1.165) is 31.0 Å². The monoisotopic (exact) mass is 590 g/mol. The minimum atomic E-state index is -4.73. The van der Waals surface area contributed by atoms with E-state index in [1.54, 1.807) is 4.90 Å². The number of carbonyl (C=O) groups excluding carboxylic acids is 1. The van der Waals surface area contributed by atoms with E-state index in [9.17, 15) is 18.0 Å². The largest absolute Gasteiger partial charge is 0.462 e. The average Bonchev–Trinajstić information content (AvgIpc) is 3.36. The van der Waals surface area contributed by atoms with E-state index in [1.165, 1.54) is 13.0 Å². The molecule has 8 nitrogen and oxygen atoms in total. The first-order valence-electron chi connectivity index (χ1n) is 14.5. The van der Waals surface area contributed by atoms with Crippen LogP contribution < -0.4 is 15.4 Å². The number of nitrogens with zero attached hydrogens (tertiary/aromatic N) is 5. The van der Waals surface area contributed by atoms with E-state index in [0.29, 0.717) is 44.2 Å². The number of likely N-dealkylation sites (tertiary alicyclic amines) is 1. The molecule has 3 aliphatic rings. The fourth-order valence-electron chi connectivity index (χ4n) is 6.69. The highest BCUT2D eigenvalue weighted by atomic mass is 19.4. The fourth-order valence-corrected chi connectivity index (χ4v) is 6.69. The lowest BCUT2D eigenvalue weighted by Gasteiger charge is -2.41. The quantitative estimate of drug-likeness (QED) is 0.301. The van der Waals surface area contributed by atoms with Gasteiger partial charge in [-0.3, -0.25) is 4.79 Å². The van der Waals surface area contributed by atoms with Gasteiger partial charge in [0.25, 0.3) is 0 Å². The first-order chi connectivity index (χ1) is 19.9. The standard InChI is InChI=1S/C30H38F4N6O2/c1-5-24(41)39-11-12-40(18(3)15-39)28-21-9-8-19(25-26(30(32,33)34)17(2)13-22(35)27(25)31)14-23(21)36-29(37-28)42-16-20-7-6-10-38(20)4/h5,13,18-20H,1,6-12,14-16,35H2,2-4H3/t18-,19-,20-/m0/s1. The number of halogens is 4. The lowest BCUT2D eigenvalue weighted by Crippen LogP contribution is -2.54. The lowest BCUT2D eigenvalue weighted by molar-refractivity contribution is -0.139. The molecule has 0 unspecified atom stereocenters. The molecular weight excluding hydrogens is 552 g/mol. The summed E-state index contributed by atoms with van der Waals surface area (Å²) in [5.74, 6) is -1.27. The van der Waals surface area contributed by atoms with Crippen LogP contribution in [0.1, 0.15) is 60.1 Å². The Morgan fingerprint density at radius 2 is 2.00 bits per heavy atom. The zero-order valence-electron chi connectivity index (χ0n) is 24.3.